The molecule has 0 radical (unpaired) electrons. The van der Waals surface area contributed by atoms with Crippen LogP contribution in [-0.2, 0) is 0 Å². The Bertz CT molecular complexity index is 1170. The summed E-state index contributed by atoms with van der Waals surface area (Å²) >= 11 is 0. The van der Waals surface area contributed by atoms with E-state index < -0.39 is 0 Å². The average molecular weight is 415 g/mol. The van der Waals surface area contributed by atoms with Crippen LogP contribution in [0.2, 0.25) is 0 Å². The number of anilines is 4. The van der Waals surface area contributed by atoms with Crippen LogP contribution in [0.3, 0.4) is 0 Å². The summed E-state index contributed by atoms with van der Waals surface area (Å²) in [6.45, 7) is 1.83. The van der Waals surface area contributed by atoms with Crippen molar-refractivity contribution in [2.24, 2.45) is 0 Å². The van der Waals surface area contributed by atoms with Gasteiger partial charge in [-0.05, 0) is 49.4 Å². The third-order valence-corrected chi connectivity index (χ3v) is 4.31. The quantitative estimate of drug-likeness (QED) is 0.432. The lowest BCUT2D eigenvalue weighted by molar-refractivity contribution is 0.262. The molecule has 4 aromatic rings. The molecule has 2 aromatic heterocycles. The van der Waals surface area contributed by atoms with Gasteiger partial charge in [-0.3, -0.25) is 0 Å². The topological polar surface area (TPSA) is 106 Å². The zero-order valence-electron chi connectivity index (χ0n) is 17.0. The molecule has 0 fully saturated rings. The van der Waals surface area contributed by atoms with E-state index in [1.165, 1.54) is 0 Å². The first-order valence-electron chi connectivity index (χ1n) is 9.54. The molecule has 2 heterocycles. The number of rotatable bonds is 6. The maximum absolute atomic E-state index is 12.2. The first-order chi connectivity index (χ1) is 15.1. The molecule has 0 aliphatic rings. The van der Waals surface area contributed by atoms with E-state index in [-0.39, 0.29) is 6.03 Å². The predicted octanol–water partition coefficient (Wildman–Crippen LogP) is 4.37. The molecule has 0 saturated carbocycles. The van der Waals surface area contributed by atoms with Gasteiger partial charge >= 0.3 is 6.03 Å². The van der Waals surface area contributed by atoms with Crippen molar-refractivity contribution in [2.75, 3.05) is 23.1 Å². The van der Waals surface area contributed by atoms with Gasteiger partial charge in [-0.15, -0.1) is 0 Å². The Balaban J connectivity index is 1.40. The molecule has 9 nitrogen and oxygen atoms in total. The molecule has 4 rings (SSSR count). The van der Waals surface area contributed by atoms with Gasteiger partial charge in [-0.2, -0.15) is 5.10 Å². The highest BCUT2D eigenvalue weighted by Gasteiger charge is 2.06. The highest BCUT2D eigenvalue weighted by atomic mass is 16.5. The summed E-state index contributed by atoms with van der Waals surface area (Å²) in [6, 6.07) is 17.8. The summed E-state index contributed by atoms with van der Waals surface area (Å²) in [4.78, 5) is 21.1. The zero-order chi connectivity index (χ0) is 21.6. The number of nitrogens with one attached hydrogen (secondary N) is 3. The molecule has 2 aromatic carbocycles. The fraction of sp³-hybridized carbons (Fsp3) is 0.0909. The SMILES string of the molecule is COc1cccc(NC(=O)Nc2ccc(Nc3cc(-n4cccn4)nc(C)n3)cc2)c1. The lowest BCUT2D eigenvalue weighted by Crippen LogP contribution is -2.19. The van der Waals surface area contributed by atoms with Gasteiger partial charge in [0.05, 0.1) is 7.11 Å². The van der Waals surface area contributed by atoms with Gasteiger partial charge in [0.25, 0.3) is 0 Å². The van der Waals surface area contributed by atoms with Crippen LogP contribution >= 0.6 is 0 Å². The summed E-state index contributed by atoms with van der Waals surface area (Å²) in [6.07, 6.45) is 3.52. The Kier molecular flexibility index (Phi) is 5.75. The number of carbonyl (C=O) groups excluding carboxylic acids is 1. The van der Waals surface area contributed by atoms with E-state index in [1.54, 1.807) is 42.3 Å². The lowest BCUT2D eigenvalue weighted by Gasteiger charge is -2.11. The monoisotopic (exact) mass is 415 g/mol. The summed E-state index contributed by atoms with van der Waals surface area (Å²) in [5.41, 5.74) is 2.12. The maximum atomic E-state index is 12.2. The molecule has 0 spiro atoms. The molecule has 0 atom stereocenters. The van der Waals surface area contributed by atoms with Gasteiger partial charge in [0.2, 0.25) is 0 Å². The number of aryl methyl sites for hydroxylation is 1. The van der Waals surface area contributed by atoms with Crippen LogP contribution in [0.5, 0.6) is 5.75 Å². The minimum atomic E-state index is -0.343. The standard InChI is InChI=1S/C22H21N7O2/c1-15-24-20(14-21(25-15)29-12-4-11-23-29)26-16-7-9-17(10-8-16)27-22(30)28-18-5-3-6-19(13-18)31-2/h3-14H,1-2H3,(H,24,25,26)(H2,27,28,30). The summed E-state index contributed by atoms with van der Waals surface area (Å²) in [7, 11) is 1.58. The summed E-state index contributed by atoms with van der Waals surface area (Å²) in [5, 5.41) is 13.0. The predicted molar refractivity (Wildman–Crippen MR) is 119 cm³/mol. The minimum absolute atomic E-state index is 0.343. The normalized spacial score (nSPS) is 10.4. The van der Waals surface area contributed by atoms with Gasteiger partial charge in [0, 0.05) is 41.6 Å². The highest BCUT2D eigenvalue weighted by molar-refractivity contribution is 5.99. The van der Waals surface area contributed by atoms with Crippen LogP contribution in [0.25, 0.3) is 5.82 Å². The lowest BCUT2D eigenvalue weighted by atomic mass is 10.2. The Labute approximate surface area is 179 Å². The van der Waals surface area contributed by atoms with Crippen LogP contribution < -0.4 is 20.7 Å². The second-order valence-corrected chi connectivity index (χ2v) is 6.62. The molecule has 0 bridgehead atoms. The van der Waals surface area contributed by atoms with Gasteiger partial charge in [0.1, 0.15) is 17.4 Å². The van der Waals surface area contributed by atoms with Crippen molar-refractivity contribution < 1.29 is 9.53 Å². The average Bonchev–Trinajstić information content (AvgIpc) is 3.30. The molecular formula is C22H21N7O2. The Hall–Kier alpha value is -4.40. The molecule has 0 unspecified atom stereocenters. The van der Waals surface area contributed by atoms with Crippen molar-refractivity contribution in [2.45, 2.75) is 6.92 Å². The molecule has 2 amide bonds. The second kappa shape index (κ2) is 8.95. The summed E-state index contributed by atoms with van der Waals surface area (Å²) < 4.78 is 6.83. The number of benzene rings is 2. The van der Waals surface area contributed by atoms with Crippen LogP contribution in [0, 0.1) is 6.92 Å². The number of methoxy groups -OCH3 is 1. The first kappa shape index (κ1) is 19.9. The number of hydrogen-bond donors (Lipinski definition) is 3. The van der Waals surface area contributed by atoms with Gasteiger partial charge in [-0.1, -0.05) is 6.07 Å². The van der Waals surface area contributed by atoms with E-state index >= 15 is 0 Å². The minimum Gasteiger partial charge on any atom is -0.497 e. The van der Waals surface area contributed by atoms with E-state index in [0.717, 1.165) is 5.69 Å². The van der Waals surface area contributed by atoms with Gasteiger partial charge < -0.3 is 20.7 Å². The van der Waals surface area contributed by atoms with E-state index in [2.05, 4.69) is 31.0 Å². The molecule has 3 N–H and O–H groups in total. The van der Waals surface area contributed by atoms with Gasteiger partial charge in [-0.25, -0.2) is 19.4 Å². The van der Waals surface area contributed by atoms with Gasteiger partial charge in [0.15, 0.2) is 5.82 Å². The van der Waals surface area contributed by atoms with Crippen molar-refractivity contribution >= 4 is 28.9 Å². The molecule has 31 heavy (non-hydrogen) atoms. The third-order valence-electron chi connectivity index (χ3n) is 4.31. The molecule has 156 valence electrons. The number of amides is 2. The van der Waals surface area contributed by atoms with E-state index in [0.29, 0.717) is 34.6 Å². The van der Waals surface area contributed by atoms with Crippen molar-refractivity contribution in [3.8, 4) is 11.6 Å². The van der Waals surface area contributed by atoms with E-state index in [4.69, 9.17) is 4.74 Å². The van der Waals surface area contributed by atoms with Crippen molar-refractivity contribution in [3.05, 3.63) is 78.9 Å². The summed E-state index contributed by atoms with van der Waals surface area (Å²) in [5.74, 6) is 2.62. The Morgan fingerprint density at radius 2 is 1.71 bits per heavy atom. The Morgan fingerprint density at radius 3 is 2.45 bits per heavy atom. The molecule has 9 heteroatoms. The van der Waals surface area contributed by atoms with Crippen molar-refractivity contribution in [3.63, 3.8) is 0 Å². The number of carbonyl (C=O) groups is 1. The van der Waals surface area contributed by atoms with Crippen LogP contribution in [-0.4, -0.2) is 32.9 Å². The molecule has 0 aliphatic carbocycles. The van der Waals surface area contributed by atoms with E-state index in [9.17, 15) is 4.79 Å². The van der Waals surface area contributed by atoms with Crippen LogP contribution in [0.15, 0.2) is 73.1 Å². The molecule has 0 aliphatic heterocycles. The number of aromatic nitrogens is 4. The number of ether oxygens (including phenoxy) is 1. The van der Waals surface area contributed by atoms with E-state index in [1.807, 2.05) is 49.5 Å². The number of urea groups is 1. The first-order valence-corrected chi connectivity index (χ1v) is 9.54. The fourth-order valence-corrected chi connectivity index (χ4v) is 2.92. The highest BCUT2D eigenvalue weighted by Crippen LogP contribution is 2.20. The number of nitrogens with zero attached hydrogens (tertiary/aromatic N) is 4. The van der Waals surface area contributed by atoms with Crippen LogP contribution in [0.4, 0.5) is 27.7 Å². The molecule has 0 saturated heterocycles. The largest absolute Gasteiger partial charge is 0.497 e. The van der Waals surface area contributed by atoms with Crippen molar-refractivity contribution in [1.82, 2.24) is 19.7 Å². The van der Waals surface area contributed by atoms with Crippen LogP contribution in [0.1, 0.15) is 5.82 Å². The Morgan fingerprint density at radius 1 is 0.935 bits per heavy atom. The number of hydrogen-bond acceptors (Lipinski definition) is 6. The zero-order valence-corrected chi connectivity index (χ0v) is 17.0. The smallest absolute Gasteiger partial charge is 0.323 e. The van der Waals surface area contributed by atoms with Crippen molar-refractivity contribution in [1.29, 1.82) is 0 Å². The fourth-order valence-electron chi connectivity index (χ4n) is 2.92. The third kappa shape index (κ3) is 5.15. The molecular weight excluding hydrogens is 394 g/mol. The second-order valence-electron chi connectivity index (χ2n) is 6.62. The maximum Gasteiger partial charge on any atom is 0.323 e.